The number of carbonyl (C=O) groups excluding carboxylic acids is 2. The summed E-state index contributed by atoms with van der Waals surface area (Å²) in [5, 5.41) is 0. The Labute approximate surface area is 169 Å². The summed E-state index contributed by atoms with van der Waals surface area (Å²) in [6.07, 6.45) is 4.11. The van der Waals surface area contributed by atoms with Gasteiger partial charge in [0, 0.05) is 25.1 Å². The van der Waals surface area contributed by atoms with E-state index in [-0.39, 0.29) is 18.4 Å². The summed E-state index contributed by atoms with van der Waals surface area (Å²) in [6.45, 7) is 1.48. The van der Waals surface area contributed by atoms with Crippen LogP contribution < -0.4 is 10.6 Å². The molecule has 1 aliphatic heterocycles. The van der Waals surface area contributed by atoms with Crippen molar-refractivity contribution in [1.29, 1.82) is 0 Å². The second kappa shape index (κ2) is 10.0. The van der Waals surface area contributed by atoms with Crippen LogP contribution in [0.2, 0.25) is 0 Å². The van der Waals surface area contributed by atoms with Crippen LogP contribution >= 0.6 is 0 Å². The number of anilines is 1. The van der Waals surface area contributed by atoms with Gasteiger partial charge in [-0.15, -0.1) is 0 Å². The highest BCUT2D eigenvalue weighted by atomic mass is 19.1. The maximum atomic E-state index is 13.1. The third kappa shape index (κ3) is 6.27. The molecule has 7 heteroatoms. The van der Waals surface area contributed by atoms with E-state index >= 15 is 0 Å². The van der Waals surface area contributed by atoms with E-state index in [1.807, 2.05) is 18.2 Å². The highest BCUT2D eigenvalue weighted by Crippen LogP contribution is 2.27. The Hall–Kier alpha value is -2.96. The lowest BCUT2D eigenvalue weighted by Gasteiger charge is -2.33. The van der Waals surface area contributed by atoms with Crippen LogP contribution in [0.4, 0.5) is 10.2 Å². The van der Waals surface area contributed by atoms with Crippen LogP contribution in [0.1, 0.15) is 32.1 Å². The molecule has 1 aromatic heterocycles. The average Bonchev–Trinajstić information content (AvgIpc) is 2.73. The van der Waals surface area contributed by atoms with Crippen LogP contribution in [0.5, 0.6) is 0 Å². The van der Waals surface area contributed by atoms with Gasteiger partial charge in [-0.25, -0.2) is 9.37 Å². The predicted octanol–water partition coefficient (Wildman–Crippen LogP) is 3.30. The molecular weight excluding hydrogens is 373 g/mol. The van der Waals surface area contributed by atoms with E-state index in [0.29, 0.717) is 12.3 Å². The molecule has 29 heavy (non-hydrogen) atoms. The number of piperidine rings is 1. The van der Waals surface area contributed by atoms with Gasteiger partial charge in [-0.1, -0.05) is 6.07 Å². The number of carbonyl (C=O) groups is 2. The third-order valence-corrected chi connectivity index (χ3v) is 5.18. The van der Waals surface area contributed by atoms with Crippen LogP contribution in [0.15, 0.2) is 42.5 Å². The first-order valence-electron chi connectivity index (χ1n) is 9.93. The van der Waals surface area contributed by atoms with Gasteiger partial charge in [0.05, 0.1) is 5.69 Å². The number of hydrogen-bond donors (Lipinski definition) is 1. The van der Waals surface area contributed by atoms with Gasteiger partial charge in [0.1, 0.15) is 11.6 Å². The minimum absolute atomic E-state index is 0.256. The van der Waals surface area contributed by atoms with Crippen LogP contribution in [0, 0.1) is 11.7 Å². The van der Waals surface area contributed by atoms with Crippen molar-refractivity contribution in [3.05, 3.63) is 48.3 Å². The number of amides is 1. The van der Waals surface area contributed by atoms with Gasteiger partial charge in [-0.3, -0.25) is 9.59 Å². The number of primary amides is 1. The smallest absolute Gasteiger partial charge is 0.306 e. The molecule has 0 aliphatic carbocycles. The third-order valence-electron chi connectivity index (χ3n) is 5.18. The van der Waals surface area contributed by atoms with Crippen molar-refractivity contribution in [3.63, 3.8) is 0 Å². The number of halogens is 1. The van der Waals surface area contributed by atoms with Gasteiger partial charge in [-0.05, 0) is 68.0 Å². The van der Waals surface area contributed by atoms with E-state index in [0.717, 1.165) is 55.8 Å². The summed E-state index contributed by atoms with van der Waals surface area (Å²) in [6, 6.07) is 12.3. The van der Waals surface area contributed by atoms with Crippen LogP contribution in [0.3, 0.4) is 0 Å². The van der Waals surface area contributed by atoms with Crippen molar-refractivity contribution in [2.75, 3.05) is 24.6 Å². The van der Waals surface area contributed by atoms with E-state index in [1.54, 1.807) is 12.1 Å². The van der Waals surface area contributed by atoms with Crippen LogP contribution in [0.25, 0.3) is 11.3 Å². The first-order chi connectivity index (χ1) is 14.0. The Kier molecular flexibility index (Phi) is 7.16. The second-order valence-corrected chi connectivity index (χ2v) is 7.34. The Bertz CT molecular complexity index is 833. The first kappa shape index (κ1) is 20.8. The molecule has 6 nitrogen and oxygen atoms in total. The zero-order valence-corrected chi connectivity index (χ0v) is 16.4. The Morgan fingerprint density at radius 3 is 2.55 bits per heavy atom. The highest BCUT2D eigenvalue weighted by Gasteiger charge is 2.20. The van der Waals surface area contributed by atoms with Crippen LogP contribution in [-0.2, 0) is 14.3 Å². The van der Waals surface area contributed by atoms with Gasteiger partial charge in [0.2, 0.25) is 0 Å². The molecule has 0 bridgehead atoms. The molecule has 0 saturated carbocycles. The molecule has 1 fully saturated rings. The quantitative estimate of drug-likeness (QED) is 0.689. The number of nitrogens with two attached hydrogens (primary N) is 1. The van der Waals surface area contributed by atoms with Crippen molar-refractivity contribution >= 4 is 17.7 Å². The molecule has 1 saturated heterocycles. The van der Waals surface area contributed by atoms with Gasteiger partial charge in [-0.2, -0.15) is 0 Å². The Morgan fingerprint density at radius 1 is 1.14 bits per heavy atom. The minimum atomic E-state index is -0.636. The minimum Gasteiger partial charge on any atom is -0.456 e. The SMILES string of the molecule is NC(=O)COC(=O)CCCC1CCN(c2cccc(-c3ccc(F)cc3)n2)CC1. The van der Waals surface area contributed by atoms with E-state index in [9.17, 15) is 14.0 Å². The molecule has 0 radical (unpaired) electrons. The Balaban J connectivity index is 1.46. The maximum Gasteiger partial charge on any atom is 0.306 e. The number of hydrogen-bond acceptors (Lipinski definition) is 5. The summed E-state index contributed by atoms with van der Waals surface area (Å²) in [5.74, 6) is 0.231. The fraction of sp³-hybridized carbons (Fsp3) is 0.409. The summed E-state index contributed by atoms with van der Waals surface area (Å²) in [7, 11) is 0. The van der Waals surface area contributed by atoms with Crippen molar-refractivity contribution in [2.24, 2.45) is 11.7 Å². The standard InChI is InChI=1S/C22H26FN3O3/c23-18-9-7-17(8-10-18)19-4-2-5-21(25-19)26-13-11-16(12-14-26)3-1-6-22(28)29-15-20(24)27/h2,4-5,7-10,16H,1,3,6,11-15H2,(H2,24,27). The summed E-state index contributed by atoms with van der Waals surface area (Å²) < 4.78 is 17.9. The number of aromatic nitrogens is 1. The number of rotatable bonds is 8. The maximum absolute atomic E-state index is 13.1. The van der Waals surface area contributed by atoms with Gasteiger partial charge >= 0.3 is 5.97 Å². The first-order valence-corrected chi connectivity index (χ1v) is 9.93. The number of ether oxygens (including phenoxy) is 1. The molecule has 1 aromatic carbocycles. The molecule has 0 spiro atoms. The zero-order valence-electron chi connectivity index (χ0n) is 16.4. The zero-order chi connectivity index (χ0) is 20.6. The average molecular weight is 399 g/mol. The normalized spacial score (nSPS) is 14.6. The summed E-state index contributed by atoms with van der Waals surface area (Å²) in [4.78, 5) is 29.1. The summed E-state index contributed by atoms with van der Waals surface area (Å²) >= 11 is 0. The molecule has 0 atom stereocenters. The van der Waals surface area contributed by atoms with Gasteiger partial charge < -0.3 is 15.4 Å². The van der Waals surface area contributed by atoms with Crippen molar-refractivity contribution in [3.8, 4) is 11.3 Å². The molecule has 2 heterocycles. The van der Waals surface area contributed by atoms with E-state index in [4.69, 9.17) is 15.5 Å². The van der Waals surface area contributed by atoms with E-state index < -0.39 is 5.91 Å². The topological polar surface area (TPSA) is 85.5 Å². The van der Waals surface area contributed by atoms with Crippen molar-refractivity contribution in [1.82, 2.24) is 4.98 Å². The lowest BCUT2D eigenvalue weighted by molar-refractivity contribution is -0.147. The number of esters is 1. The monoisotopic (exact) mass is 399 g/mol. The Morgan fingerprint density at radius 2 is 1.86 bits per heavy atom. The number of nitrogens with zero attached hydrogens (tertiary/aromatic N) is 2. The lowest BCUT2D eigenvalue weighted by atomic mass is 9.91. The van der Waals surface area contributed by atoms with Gasteiger partial charge in [0.25, 0.3) is 5.91 Å². The molecule has 0 unspecified atom stereocenters. The fourth-order valence-corrected chi connectivity index (χ4v) is 3.59. The van der Waals surface area contributed by atoms with Crippen LogP contribution in [-0.4, -0.2) is 36.6 Å². The largest absolute Gasteiger partial charge is 0.456 e. The van der Waals surface area contributed by atoms with E-state index in [1.165, 1.54) is 12.1 Å². The fourth-order valence-electron chi connectivity index (χ4n) is 3.59. The molecule has 1 amide bonds. The summed E-state index contributed by atoms with van der Waals surface area (Å²) in [5.41, 5.74) is 6.68. The highest BCUT2D eigenvalue weighted by molar-refractivity contribution is 5.78. The number of benzene rings is 1. The molecule has 2 aromatic rings. The molecule has 3 rings (SSSR count). The molecule has 2 N–H and O–H groups in total. The number of pyridine rings is 1. The van der Waals surface area contributed by atoms with E-state index in [2.05, 4.69) is 4.90 Å². The molecule has 154 valence electrons. The molecule has 1 aliphatic rings. The predicted molar refractivity (Wildman–Crippen MR) is 109 cm³/mol. The molecular formula is C22H26FN3O3. The second-order valence-electron chi connectivity index (χ2n) is 7.34. The van der Waals surface area contributed by atoms with Crippen molar-refractivity contribution < 1.29 is 18.7 Å². The van der Waals surface area contributed by atoms with Gasteiger partial charge in [0.15, 0.2) is 6.61 Å². The lowest BCUT2D eigenvalue weighted by Crippen LogP contribution is -2.34. The van der Waals surface area contributed by atoms with Crippen molar-refractivity contribution in [2.45, 2.75) is 32.1 Å².